The molecule has 0 saturated heterocycles. The Labute approximate surface area is 104 Å². The van der Waals surface area contributed by atoms with E-state index in [1.54, 1.807) is 0 Å². The van der Waals surface area contributed by atoms with Crippen LogP contribution in [0.1, 0.15) is 31.6 Å². The molecule has 2 heterocycles. The minimum atomic E-state index is 0.0512. The lowest BCUT2D eigenvalue weighted by molar-refractivity contribution is 0.410. The van der Waals surface area contributed by atoms with Crippen molar-refractivity contribution in [3.63, 3.8) is 0 Å². The molecule has 8 heteroatoms. The van der Waals surface area contributed by atoms with Crippen LogP contribution in [0.5, 0.6) is 0 Å². The van der Waals surface area contributed by atoms with E-state index in [4.69, 9.17) is 4.42 Å². The Morgan fingerprint density at radius 3 is 3.00 bits per heavy atom. The first-order chi connectivity index (χ1) is 8.79. The molecule has 0 aromatic carbocycles. The zero-order valence-corrected chi connectivity index (χ0v) is 10.4. The van der Waals surface area contributed by atoms with Gasteiger partial charge in [0.05, 0.1) is 6.04 Å². The molecule has 0 aliphatic heterocycles. The fourth-order valence-corrected chi connectivity index (χ4v) is 1.46. The molecule has 0 radical (unpaired) electrons. The Kier molecular flexibility index (Phi) is 4.24. The van der Waals surface area contributed by atoms with Gasteiger partial charge in [-0.25, -0.2) is 0 Å². The van der Waals surface area contributed by atoms with Crippen molar-refractivity contribution in [2.24, 2.45) is 0 Å². The minimum absolute atomic E-state index is 0.0512. The number of hydrogen-bond donors (Lipinski definition) is 2. The third kappa shape index (κ3) is 3.27. The lowest BCUT2D eigenvalue weighted by atomic mass is 10.3. The summed E-state index contributed by atoms with van der Waals surface area (Å²) in [5, 5.41) is 17.8. The third-order valence-corrected chi connectivity index (χ3v) is 2.35. The molecule has 0 aliphatic rings. The molecule has 98 valence electrons. The van der Waals surface area contributed by atoms with Crippen molar-refractivity contribution in [3.05, 3.63) is 18.1 Å². The molecule has 0 bridgehead atoms. The van der Waals surface area contributed by atoms with E-state index in [1.165, 1.54) is 6.39 Å². The Balaban J connectivity index is 1.79. The highest BCUT2D eigenvalue weighted by Crippen LogP contribution is 2.13. The van der Waals surface area contributed by atoms with Gasteiger partial charge in [0.1, 0.15) is 0 Å². The number of rotatable bonds is 7. The van der Waals surface area contributed by atoms with Crippen molar-refractivity contribution in [1.82, 2.24) is 25.7 Å². The molecule has 2 aromatic heterocycles. The first-order valence-corrected chi connectivity index (χ1v) is 5.85. The van der Waals surface area contributed by atoms with Crippen LogP contribution >= 0.6 is 0 Å². The number of nitrogens with zero attached hydrogens (tertiary/aromatic N) is 4. The Hall–Kier alpha value is -1.96. The van der Waals surface area contributed by atoms with Crippen LogP contribution in [-0.2, 0) is 6.42 Å². The maximum absolute atomic E-state index is 5.46. The number of aromatic nitrogens is 4. The van der Waals surface area contributed by atoms with E-state index in [0.717, 1.165) is 6.54 Å². The molecule has 0 fully saturated rings. The molecule has 1 atom stereocenters. The van der Waals surface area contributed by atoms with Crippen LogP contribution in [0.2, 0.25) is 0 Å². The van der Waals surface area contributed by atoms with Crippen molar-refractivity contribution >= 4 is 6.01 Å². The molecule has 0 amide bonds. The SMILES string of the molecule is CCNC(C)c1nnc(NCCc2ncon2)o1. The lowest BCUT2D eigenvalue weighted by Gasteiger charge is -2.05. The summed E-state index contributed by atoms with van der Waals surface area (Å²) < 4.78 is 10.1. The van der Waals surface area contributed by atoms with Crippen LogP contribution < -0.4 is 10.6 Å². The van der Waals surface area contributed by atoms with Crippen LogP contribution in [-0.4, -0.2) is 33.4 Å². The van der Waals surface area contributed by atoms with Crippen molar-refractivity contribution in [2.45, 2.75) is 26.3 Å². The summed E-state index contributed by atoms with van der Waals surface area (Å²) in [6.07, 6.45) is 1.94. The maximum Gasteiger partial charge on any atom is 0.315 e. The van der Waals surface area contributed by atoms with E-state index in [-0.39, 0.29) is 6.04 Å². The van der Waals surface area contributed by atoms with Crippen molar-refractivity contribution in [1.29, 1.82) is 0 Å². The summed E-state index contributed by atoms with van der Waals surface area (Å²) in [6.45, 7) is 5.46. The average molecular weight is 252 g/mol. The quantitative estimate of drug-likeness (QED) is 0.745. The lowest BCUT2D eigenvalue weighted by Crippen LogP contribution is -2.17. The molecule has 1 unspecified atom stereocenters. The normalized spacial score (nSPS) is 12.6. The van der Waals surface area contributed by atoms with Gasteiger partial charge in [-0.05, 0) is 13.5 Å². The van der Waals surface area contributed by atoms with Crippen LogP contribution in [0.4, 0.5) is 6.01 Å². The molecule has 0 aliphatic carbocycles. The summed E-state index contributed by atoms with van der Waals surface area (Å²) in [7, 11) is 0. The Bertz CT molecular complexity index is 455. The molecule has 8 nitrogen and oxygen atoms in total. The van der Waals surface area contributed by atoms with Gasteiger partial charge in [0.25, 0.3) is 0 Å². The van der Waals surface area contributed by atoms with Gasteiger partial charge in [0.15, 0.2) is 5.82 Å². The monoisotopic (exact) mass is 252 g/mol. The van der Waals surface area contributed by atoms with Crippen LogP contribution in [0, 0.1) is 0 Å². The molecular weight excluding hydrogens is 236 g/mol. The summed E-state index contributed by atoms with van der Waals surface area (Å²) in [4.78, 5) is 3.91. The minimum Gasteiger partial charge on any atom is -0.406 e. The molecular formula is C10H16N6O2. The zero-order chi connectivity index (χ0) is 12.8. The van der Waals surface area contributed by atoms with Gasteiger partial charge in [0.2, 0.25) is 12.3 Å². The number of anilines is 1. The van der Waals surface area contributed by atoms with Crippen LogP contribution in [0.25, 0.3) is 0 Å². The highest BCUT2D eigenvalue weighted by molar-refractivity contribution is 5.17. The van der Waals surface area contributed by atoms with Gasteiger partial charge in [-0.3, -0.25) is 0 Å². The molecule has 2 N–H and O–H groups in total. The molecule has 2 rings (SSSR count). The number of hydrogen-bond acceptors (Lipinski definition) is 8. The highest BCUT2D eigenvalue weighted by Gasteiger charge is 2.12. The van der Waals surface area contributed by atoms with Crippen LogP contribution in [0.15, 0.2) is 15.3 Å². The van der Waals surface area contributed by atoms with E-state index in [9.17, 15) is 0 Å². The second-order valence-electron chi connectivity index (χ2n) is 3.75. The topological polar surface area (TPSA) is 102 Å². The predicted octanol–water partition coefficient (Wildman–Crippen LogP) is 0.778. The van der Waals surface area contributed by atoms with Crippen molar-refractivity contribution < 1.29 is 8.94 Å². The van der Waals surface area contributed by atoms with Gasteiger partial charge in [-0.15, -0.1) is 5.10 Å². The summed E-state index contributed by atoms with van der Waals surface area (Å²) in [6, 6.07) is 0.452. The molecule has 0 spiro atoms. The Morgan fingerprint density at radius 2 is 2.28 bits per heavy atom. The van der Waals surface area contributed by atoms with E-state index in [1.807, 2.05) is 13.8 Å². The van der Waals surface area contributed by atoms with Crippen molar-refractivity contribution in [3.8, 4) is 0 Å². The van der Waals surface area contributed by atoms with Gasteiger partial charge in [0, 0.05) is 13.0 Å². The summed E-state index contributed by atoms with van der Waals surface area (Å²) in [5.41, 5.74) is 0. The fraction of sp³-hybridized carbons (Fsp3) is 0.600. The van der Waals surface area contributed by atoms with Gasteiger partial charge < -0.3 is 19.6 Å². The predicted molar refractivity (Wildman–Crippen MR) is 62.9 cm³/mol. The fourth-order valence-electron chi connectivity index (χ4n) is 1.46. The average Bonchev–Trinajstić information content (AvgIpc) is 3.00. The zero-order valence-electron chi connectivity index (χ0n) is 10.4. The summed E-state index contributed by atoms with van der Waals surface area (Å²) in [5.74, 6) is 1.21. The second-order valence-corrected chi connectivity index (χ2v) is 3.75. The second kappa shape index (κ2) is 6.10. The van der Waals surface area contributed by atoms with E-state index in [2.05, 4.69) is 35.5 Å². The summed E-state index contributed by atoms with van der Waals surface area (Å²) >= 11 is 0. The molecule has 2 aromatic rings. The number of nitrogens with one attached hydrogen (secondary N) is 2. The van der Waals surface area contributed by atoms with Crippen LogP contribution in [0.3, 0.4) is 0 Å². The third-order valence-electron chi connectivity index (χ3n) is 2.35. The first kappa shape index (κ1) is 12.5. The maximum atomic E-state index is 5.46. The largest absolute Gasteiger partial charge is 0.406 e. The molecule has 0 saturated carbocycles. The van der Waals surface area contributed by atoms with Gasteiger partial charge in [-0.1, -0.05) is 17.2 Å². The highest BCUT2D eigenvalue weighted by atomic mass is 16.5. The molecule has 18 heavy (non-hydrogen) atoms. The van der Waals surface area contributed by atoms with Gasteiger partial charge >= 0.3 is 6.01 Å². The standard InChI is InChI=1S/C10H16N6O2/c1-3-11-7(2)9-14-15-10(18-9)12-5-4-8-13-6-17-16-8/h6-7,11H,3-5H2,1-2H3,(H,12,15). The van der Waals surface area contributed by atoms with Gasteiger partial charge in [-0.2, -0.15) is 4.98 Å². The Morgan fingerprint density at radius 1 is 1.39 bits per heavy atom. The van der Waals surface area contributed by atoms with E-state index in [0.29, 0.717) is 30.7 Å². The first-order valence-electron chi connectivity index (χ1n) is 5.85. The van der Waals surface area contributed by atoms with E-state index >= 15 is 0 Å². The van der Waals surface area contributed by atoms with E-state index < -0.39 is 0 Å². The smallest absolute Gasteiger partial charge is 0.315 e. The van der Waals surface area contributed by atoms with Crippen molar-refractivity contribution in [2.75, 3.05) is 18.4 Å².